The van der Waals surface area contributed by atoms with E-state index < -0.39 is 0 Å². The molecule has 1 unspecified atom stereocenters. The molecule has 0 spiro atoms. The second-order valence-corrected chi connectivity index (χ2v) is 5.58. The van der Waals surface area contributed by atoms with Crippen LogP contribution in [0.5, 0.6) is 0 Å². The van der Waals surface area contributed by atoms with Gasteiger partial charge in [0.1, 0.15) is 0 Å². The van der Waals surface area contributed by atoms with Crippen molar-refractivity contribution in [3.05, 3.63) is 45.6 Å². The predicted molar refractivity (Wildman–Crippen MR) is 67.4 cm³/mol. The van der Waals surface area contributed by atoms with Crippen molar-refractivity contribution in [2.24, 2.45) is 0 Å². The summed E-state index contributed by atoms with van der Waals surface area (Å²) in [7, 11) is 2.04. The van der Waals surface area contributed by atoms with Gasteiger partial charge in [0.05, 0.1) is 0 Å². The maximum atomic E-state index is 3.28. The minimum absolute atomic E-state index is 0.746. The van der Waals surface area contributed by atoms with Gasteiger partial charge in [0.2, 0.25) is 0 Å². The van der Waals surface area contributed by atoms with E-state index in [1.165, 1.54) is 24.8 Å². The Morgan fingerprint density at radius 1 is 1.25 bits per heavy atom. The van der Waals surface area contributed by atoms with Crippen molar-refractivity contribution in [2.45, 2.75) is 32.2 Å². The van der Waals surface area contributed by atoms with Crippen molar-refractivity contribution < 1.29 is 22.6 Å². The van der Waals surface area contributed by atoms with Crippen LogP contribution in [0.15, 0.2) is 40.0 Å². The van der Waals surface area contributed by atoms with Crippen LogP contribution in [0.25, 0.3) is 0 Å². The Kier molecular flexibility index (Phi) is 6.73. The van der Waals surface area contributed by atoms with Gasteiger partial charge in [-0.05, 0) is 32.9 Å². The van der Waals surface area contributed by atoms with Gasteiger partial charge >= 0.3 is 0 Å². The van der Waals surface area contributed by atoms with Crippen LogP contribution in [0.2, 0.25) is 0 Å². The van der Waals surface area contributed by atoms with E-state index in [1.54, 1.807) is 3.58 Å². The summed E-state index contributed by atoms with van der Waals surface area (Å²) in [5.74, 6) is 0. The fraction of sp³-hybridized carbons (Fsp3) is 0.429. The van der Waals surface area contributed by atoms with E-state index in [1.807, 2.05) is 25.2 Å². The van der Waals surface area contributed by atoms with Crippen LogP contribution >= 0.6 is 0 Å². The first-order valence-corrected chi connectivity index (χ1v) is 6.94. The summed E-state index contributed by atoms with van der Waals surface area (Å²) in [5, 5.41) is 3.28. The Morgan fingerprint density at radius 3 is 2.31 bits per heavy atom. The molecular formula is C14H21IN+. The zero-order valence-corrected chi connectivity index (χ0v) is 12.4. The molecule has 0 heterocycles. The highest BCUT2D eigenvalue weighted by molar-refractivity contribution is 5.11. The molecule has 0 amide bonds. The first-order chi connectivity index (χ1) is 7.72. The molecule has 0 saturated carbocycles. The van der Waals surface area contributed by atoms with Gasteiger partial charge in [-0.15, -0.1) is 0 Å². The van der Waals surface area contributed by atoms with Gasteiger partial charge in [0, 0.05) is 12.5 Å². The number of hydrogen-bond donors (Lipinski definition) is 1. The molecule has 0 saturated heterocycles. The normalized spacial score (nSPS) is 19.4. The third kappa shape index (κ3) is 5.66. The monoisotopic (exact) mass is 330 g/mol. The Bertz CT molecular complexity index is 319. The lowest BCUT2D eigenvalue weighted by Crippen LogP contribution is -3.33. The first kappa shape index (κ1) is 13.7. The molecule has 1 aromatic carbocycles. The quantitative estimate of drug-likeness (QED) is 0.711. The summed E-state index contributed by atoms with van der Waals surface area (Å²) in [6, 6.07) is 11.0. The third-order valence-corrected chi connectivity index (χ3v) is 3.78. The average molecular weight is 330 g/mol. The highest BCUT2D eigenvalue weighted by Gasteiger charge is 2.14. The van der Waals surface area contributed by atoms with Gasteiger partial charge in [-0.2, -0.15) is 0 Å². The van der Waals surface area contributed by atoms with E-state index >= 15 is 0 Å². The molecule has 1 aromatic rings. The van der Waals surface area contributed by atoms with Crippen LogP contribution in [0.3, 0.4) is 0 Å². The Morgan fingerprint density at radius 2 is 1.94 bits per heavy atom. The third-order valence-electron chi connectivity index (χ3n) is 2.72. The molecule has 2 heteroatoms. The molecule has 1 aliphatic carbocycles. The van der Waals surface area contributed by atoms with Crippen molar-refractivity contribution in [2.75, 3.05) is 7.05 Å². The lowest BCUT2D eigenvalue weighted by molar-refractivity contribution is -0.308. The first-order valence-electron chi connectivity index (χ1n) is 5.77. The largest absolute Gasteiger partial charge is 0.317 e. The Labute approximate surface area is 112 Å². The summed E-state index contributed by atoms with van der Waals surface area (Å²) in [6.07, 6.45) is 6.18. The molecule has 16 heavy (non-hydrogen) atoms. The minimum Gasteiger partial charge on any atom is -0.317 e. The maximum absolute atomic E-state index is 3.28. The Balaban J connectivity index is 0.000000165. The smallest absolute Gasteiger partial charge is 0.291 e. The molecule has 2 rings (SSSR count). The number of halogens is 1. The highest BCUT2D eigenvalue weighted by atomic mass is 127. The van der Waals surface area contributed by atoms with Crippen LogP contribution in [0.1, 0.15) is 24.8 Å². The summed E-state index contributed by atoms with van der Waals surface area (Å²) in [4.78, 5) is 0. The van der Waals surface area contributed by atoms with Crippen molar-refractivity contribution >= 4 is 0 Å². The van der Waals surface area contributed by atoms with Gasteiger partial charge in [-0.1, -0.05) is 35.9 Å². The highest BCUT2D eigenvalue weighted by Crippen LogP contribution is 2.11. The molecule has 0 aromatic heterocycles. The molecular weight excluding hydrogens is 309 g/mol. The molecule has 1 nitrogen and oxygen atoms in total. The minimum atomic E-state index is 0.746. The molecule has 0 fully saturated rings. The van der Waals surface area contributed by atoms with Gasteiger partial charge in [-0.3, -0.25) is 0 Å². The lowest BCUT2D eigenvalue weighted by atomic mass is 10.0. The summed E-state index contributed by atoms with van der Waals surface area (Å²) < 4.78 is 1.57. The van der Waals surface area contributed by atoms with Crippen molar-refractivity contribution in [1.29, 1.82) is 0 Å². The van der Waals surface area contributed by atoms with Crippen molar-refractivity contribution in [3.63, 3.8) is 0 Å². The van der Waals surface area contributed by atoms with Crippen LogP contribution in [0, 0.1) is 6.92 Å². The van der Waals surface area contributed by atoms with Crippen LogP contribution < -0.4 is 27.9 Å². The number of rotatable bonds is 1. The summed E-state index contributed by atoms with van der Waals surface area (Å²) >= 11 is 2.15. The van der Waals surface area contributed by atoms with Crippen LogP contribution in [-0.4, -0.2) is 13.1 Å². The molecule has 88 valence electrons. The zero-order valence-electron chi connectivity index (χ0n) is 10.1. The standard InChI is InChI=1S/C7H13IN.C7H8/c1-9-7-4-2-6(8)3-5-7;1-7-5-3-2-4-6-7/h2,7-9H,3-5H2,1H3;2-6H,1H3/q+1;. The van der Waals surface area contributed by atoms with Gasteiger partial charge in [-0.25, -0.2) is 0 Å². The average Bonchev–Trinajstić information content (AvgIpc) is 2.32. The molecule has 1 aliphatic rings. The van der Waals surface area contributed by atoms with E-state index in [0.29, 0.717) is 0 Å². The van der Waals surface area contributed by atoms with E-state index in [4.69, 9.17) is 0 Å². The van der Waals surface area contributed by atoms with E-state index in [2.05, 4.69) is 53.0 Å². The molecule has 1 N–H and O–H groups in total. The summed E-state index contributed by atoms with van der Waals surface area (Å²) in [6.45, 7) is 2.08. The van der Waals surface area contributed by atoms with E-state index in [-0.39, 0.29) is 0 Å². The van der Waals surface area contributed by atoms with Crippen molar-refractivity contribution in [1.82, 2.24) is 5.32 Å². The molecule has 0 radical (unpaired) electrons. The fourth-order valence-electron chi connectivity index (χ4n) is 1.61. The van der Waals surface area contributed by atoms with Crippen LogP contribution in [-0.2, 0) is 0 Å². The van der Waals surface area contributed by atoms with Gasteiger partial charge in [0.25, 0.3) is 22.6 Å². The fourth-order valence-corrected chi connectivity index (χ4v) is 2.22. The molecule has 0 bridgehead atoms. The zero-order chi connectivity index (χ0) is 11.8. The number of benzene rings is 1. The topological polar surface area (TPSA) is 12.0 Å². The second-order valence-electron chi connectivity index (χ2n) is 4.09. The lowest BCUT2D eigenvalue weighted by Gasteiger charge is -2.15. The number of hydrogen-bond acceptors (Lipinski definition) is 1. The Hall–Kier alpha value is -0.350. The number of nitrogens with one attached hydrogen (secondary N) is 1. The maximum Gasteiger partial charge on any atom is 0.291 e. The number of allylic oxidation sites excluding steroid dienone is 1. The van der Waals surface area contributed by atoms with Gasteiger partial charge < -0.3 is 5.32 Å². The van der Waals surface area contributed by atoms with Crippen LogP contribution in [0.4, 0.5) is 0 Å². The molecule has 0 aliphatic heterocycles. The predicted octanol–water partition coefficient (Wildman–Crippen LogP) is -0.0772. The van der Waals surface area contributed by atoms with E-state index in [0.717, 1.165) is 6.04 Å². The SMILES string of the molecule is CNC1CC=C([IH+])CC1.Cc1ccccc1. The second kappa shape index (κ2) is 7.85. The van der Waals surface area contributed by atoms with Gasteiger partial charge in [0.15, 0.2) is 3.58 Å². The van der Waals surface area contributed by atoms with E-state index in [9.17, 15) is 0 Å². The molecule has 1 atom stereocenters. The van der Waals surface area contributed by atoms with Crippen molar-refractivity contribution in [3.8, 4) is 0 Å². The number of aryl methyl sites for hydroxylation is 1. The summed E-state index contributed by atoms with van der Waals surface area (Å²) in [5.41, 5.74) is 1.32.